The fraction of sp³-hybridized carbons (Fsp3) is 0.222. The average Bonchev–Trinajstić information content (AvgIpc) is 2.04. The molecule has 0 atom stereocenters. The van der Waals surface area contributed by atoms with Gasteiger partial charge in [-0.15, -0.1) is 0 Å². The maximum Gasteiger partial charge on any atom is 0.209 e. The Labute approximate surface area is 80.3 Å². The second-order valence-corrected chi connectivity index (χ2v) is 3.57. The fourth-order valence-corrected chi connectivity index (χ4v) is 1.41. The molecular weight excluding hydrogens is 218 g/mol. The molecule has 0 aliphatic carbocycles. The van der Waals surface area contributed by atoms with Gasteiger partial charge in [-0.3, -0.25) is 4.79 Å². The molecule has 0 heterocycles. The molecule has 0 spiro atoms. The number of rotatable bonds is 3. The van der Waals surface area contributed by atoms with E-state index in [-0.39, 0.29) is 0 Å². The van der Waals surface area contributed by atoms with Gasteiger partial charge in [0.2, 0.25) is 6.41 Å². The lowest BCUT2D eigenvalue weighted by molar-refractivity contribution is -0.117. The Morgan fingerprint density at radius 1 is 1.58 bits per heavy atom. The van der Waals surface area contributed by atoms with E-state index in [0.717, 1.165) is 16.4 Å². The number of amides is 1. The maximum absolute atomic E-state index is 10.3. The second kappa shape index (κ2) is 4.26. The molecule has 0 aliphatic heterocycles. The summed E-state index contributed by atoms with van der Waals surface area (Å²) >= 11 is 3.37. The molecule has 0 saturated carbocycles. The molecule has 0 bridgehead atoms. The molecule has 0 radical (unpaired) electrons. The van der Waals surface area contributed by atoms with Crippen LogP contribution in [0.2, 0.25) is 0 Å². The van der Waals surface area contributed by atoms with Crippen molar-refractivity contribution < 1.29 is 4.79 Å². The topological polar surface area (TPSA) is 20.3 Å². The van der Waals surface area contributed by atoms with E-state index in [4.69, 9.17) is 0 Å². The number of benzene rings is 1. The first-order valence-corrected chi connectivity index (χ1v) is 4.41. The second-order valence-electron chi connectivity index (χ2n) is 2.65. The standard InChI is InChI=1S/C9H10BrNO/c1-11(7-12)6-8-3-2-4-9(10)5-8/h2-5,7H,6H2,1H3. The Kier molecular flexibility index (Phi) is 3.29. The molecule has 1 aromatic rings. The van der Waals surface area contributed by atoms with Crippen molar-refractivity contribution in [2.75, 3.05) is 7.05 Å². The number of nitrogens with zero attached hydrogens (tertiary/aromatic N) is 1. The van der Waals surface area contributed by atoms with Gasteiger partial charge in [-0.05, 0) is 17.7 Å². The smallest absolute Gasteiger partial charge is 0.209 e. The van der Waals surface area contributed by atoms with Crippen LogP contribution in [-0.4, -0.2) is 18.4 Å². The van der Waals surface area contributed by atoms with Crippen LogP contribution in [0.4, 0.5) is 0 Å². The summed E-state index contributed by atoms with van der Waals surface area (Å²) in [4.78, 5) is 11.9. The first-order chi connectivity index (χ1) is 5.72. The molecule has 0 aliphatic rings. The predicted molar refractivity (Wildman–Crippen MR) is 51.7 cm³/mol. The minimum atomic E-state index is 0.656. The van der Waals surface area contributed by atoms with Crippen LogP contribution in [0.5, 0.6) is 0 Å². The highest BCUT2D eigenvalue weighted by Gasteiger charge is 1.96. The number of carbonyl (C=O) groups is 1. The lowest BCUT2D eigenvalue weighted by Gasteiger charge is -2.09. The van der Waals surface area contributed by atoms with E-state index in [0.29, 0.717) is 6.54 Å². The van der Waals surface area contributed by atoms with Crippen molar-refractivity contribution in [2.24, 2.45) is 0 Å². The lowest BCUT2D eigenvalue weighted by Crippen LogP contribution is -2.14. The quantitative estimate of drug-likeness (QED) is 0.725. The highest BCUT2D eigenvalue weighted by Crippen LogP contribution is 2.12. The molecule has 1 aromatic carbocycles. The summed E-state index contributed by atoms with van der Waals surface area (Å²) in [6, 6.07) is 7.91. The Hall–Kier alpha value is -0.830. The summed E-state index contributed by atoms with van der Waals surface area (Å²) in [6.45, 7) is 0.656. The summed E-state index contributed by atoms with van der Waals surface area (Å²) in [7, 11) is 1.76. The minimum absolute atomic E-state index is 0.656. The molecule has 0 fully saturated rings. The van der Waals surface area contributed by atoms with Crippen LogP contribution < -0.4 is 0 Å². The number of carbonyl (C=O) groups excluding carboxylic acids is 1. The normalized spacial score (nSPS) is 9.50. The SMILES string of the molecule is CN(C=O)Cc1cccc(Br)c1. The summed E-state index contributed by atoms with van der Waals surface area (Å²) in [6.07, 6.45) is 0.820. The Balaban J connectivity index is 2.69. The molecule has 0 aromatic heterocycles. The molecule has 0 unspecified atom stereocenters. The summed E-state index contributed by atoms with van der Waals surface area (Å²) in [5.74, 6) is 0. The van der Waals surface area contributed by atoms with Gasteiger partial charge in [-0.25, -0.2) is 0 Å². The summed E-state index contributed by atoms with van der Waals surface area (Å²) in [5, 5.41) is 0. The maximum atomic E-state index is 10.3. The third-order valence-corrected chi connectivity index (χ3v) is 1.99. The predicted octanol–water partition coefficient (Wildman–Crippen LogP) is 2.04. The van der Waals surface area contributed by atoms with Crippen LogP contribution in [0.3, 0.4) is 0 Å². The Morgan fingerprint density at radius 3 is 2.92 bits per heavy atom. The largest absolute Gasteiger partial charge is 0.344 e. The average molecular weight is 228 g/mol. The molecule has 0 saturated heterocycles. The zero-order valence-electron chi connectivity index (χ0n) is 6.83. The molecule has 3 heteroatoms. The first-order valence-electron chi connectivity index (χ1n) is 3.62. The number of hydrogen-bond donors (Lipinski definition) is 0. The van der Waals surface area contributed by atoms with Crippen LogP contribution in [0.1, 0.15) is 5.56 Å². The molecule has 12 heavy (non-hydrogen) atoms. The van der Waals surface area contributed by atoms with Crippen molar-refractivity contribution in [3.8, 4) is 0 Å². The summed E-state index contributed by atoms with van der Waals surface area (Å²) in [5.41, 5.74) is 1.12. The van der Waals surface area contributed by atoms with E-state index in [1.54, 1.807) is 11.9 Å². The van der Waals surface area contributed by atoms with E-state index in [2.05, 4.69) is 15.9 Å². The van der Waals surface area contributed by atoms with Gasteiger partial charge in [-0.2, -0.15) is 0 Å². The number of hydrogen-bond acceptors (Lipinski definition) is 1. The van der Waals surface area contributed by atoms with Crippen molar-refractivity contribution in [2.45, 2.75) is 6.54 Å². The number of halogens is 1. The lowest BCUT2D eigenvalue weighted by atomic mass is 10.2. The summed E-state index contributed by atoms with van der Waals surface area (Å²) < 4.78 is 1.04. The zero-order chi connectivity index (χ0) is 8.97. The van der Waals surface area contributed by atoms with Crippen molar-refractivity contribution in [1.82, 2.24) is 4.90 Å². The highest BCUT2D eigenvalue weighted by molar-refractivity contribution is 9.10. The third-order valence-electron chi connectivity index (χ3n) is 1.50. The van der Waals surface area contributed by atoms with E-state index in [9.17, 15) is 4.79 Å². The van der Waals surface area contributed by atoms with Crippen molar-refractivity contribution in [1.29, 1.82) is 0 Å². The zero-order valence-corrected chi connectivity index (χ0v) is 8.41. The Morgan fingerprint density at radius 2 is 2.33 bits per heavy atom. The van der Waals surface area contributed by atoms with Gasteiger partial charge in [0.05, 0.1) is 0 Å². The van der Waals surface area contributed by atoms with E-state index in [1.165, 1.54) is 0 Å². The van der Waals surface area contributed by atoms with Crippen LogP contribution in [0.15, 0.2) is 28.7 Å². The van der Waals surface area contributed by atoms with Crippen LogP contribution in [0.25, 0.3) is 0 Å². The fourth-order valence-electron chi connectivity index (χ4n) is 0.961. The highest BCUT2D eigenvalue weighted by atomic mass is 79.9. The molecule has 1 amide bonds. The van der Waals surface area contributed by atoms with Gasteiger partial charge >= 0.3 is 0 Å². The molecular formula is C9H10BrNO. The van der Waals surface area contributed by atoms with Crippen LogP contribution >= 0.6 is 15.9 Å². The van der Waals surface area contributed by atoms with Crippen molar-refractivity contribution >= 4 is 22.3 Å². The van der Waals surface area contributed by atoms with E-state index in [1.807, 2.05) is 24.3 Å². The van der Waals surface area contributed by atoms with Crippen LogP contribution in [-0.2, 0) is 11.3 Å². The van der Waals surface area contributed by atoms with E-state index < -0.39 is 0 Å². The van der Waals surface area contributed by atoms with Crippen molar-refractivity contribution in [3.63, 3.8) is 0 Å². The molecule has 0 N–H and O–H groups in total. The van der Waals surface area contributed by atoms with Gasteiger partial charge < -0.3 is 4.90 Å². The Bertz CT molecular complexity index is 275. The van der Waals surface area contributed by atoms with Crippen LogP contribution in [0, 0.1) is 0 Å². The molecule has 1 rings (SSSR count). The minimum Gasteiger partial charge on any atom is -0.344 e. The van der Waals surface area contributed by atoms with E-state index >= 15 is 0 Å². The van der Waals surface area contributed by atoms with Gasteiger partial charge in [-0.1, -0.05) is 28.1 Å². The van der Waals surface area contributed by atoms with Gasteiger partial charge in [0.15, 0.2) is 0 Å². The monoisotopic (exact) mass is 227 g/mol. The van der Waals surface area contributed by atoms with Gasteiger partial charge in [0, 0.05) is 18.1 Å². The van der Waals surface area contributed by atoms with Gasteiger partial charge in [0.25, 0.3) is 0 Å². The molecule has 64 valence electrons. The first kappa shape index (κ1) is 9.26. The van der Waals surface area contributed by atoms with Crippen molar-refractivity contribution in [3.05, 3.63) is 34.3 Å². The molecule has 2 nitrogen and oxygen atoms in total. The van der Waals surface area contributed by atoms with Gasteiger partial charge in [0.1, 0.15) is 0 Å². The third kappa shape index (κ3) is 2.66.